The molecule has 1 aliphatic carbocycles. The van der Waals surface area contributed by atoms with Gasteiger partial charge in [0.05, 0.1) is 6.04 Å². The summed E-state index contributed by atoms with van der Waals surface area (Å²) in [6, 6.07) is 0.549. The number of thioether (sulfide) groups is 1. The lowest BCUT2D eigenvalue weighted by Crippen LogP contribution is -2.42. The molecule has 0 bridgehead atoms. The predicted octanol–water partition coefficient (Wildman–Crippen LogP) is 4.21. The van der Waals surface area contributed by atoms with Gasteiger partial charge in [-0.15, -0.1) is 0 Å². The Kier molecular flexibility index (Phi) is 4.30. The van der Waals surface area contributed by atoms with Crippen molar-refractivity contribution in [2.45, 2.75) is 77.8 Å². The average Bonchev–Trinajstić information content (AvgIpc) is 2.72. The molecule has 2 aliphatic rings. The fourth-order valence-corrected chi connectivity index (χ4v) is 4.55. The summed E-state index contributed by atoms with van der Waals surface area (Å²) < 4.78 is 0. The highest BCUT2D eigenvalue weighted by Crippen LogP contribution is 2.37. The molecule has 0 spiro atoms. The van der Waals surface area contributed by atoms with E-state index in [1.807, 2.05) is 11.8 Å². The van der Waals surface area contributed by atoms with Crippen molar-refractivity contribution in [1.82, 2.24) is 5.32 Å². The summed E-state index contributed by atoms with van der Waals surface area (Å²) in [5.74, 6) is 1.19. The van der Waals surface area contributed by atoms with E-state index in [0.717, 1.165) is 0 Å². The van der Waals surface area contributed by atoms with Gasteiger partial charge in [0.1, 0.15) is 0 Å². The molecular formula is C15H28N2S. The van der Waals surface area contributed by atoms with E-state index in [2.05, 4.69) is 33.0 Å². The average molecular weight is 268 g/mol. The Bertz CT molecular complexity index is 318. The van der Waals surface area contributed by atoms with Gasteiger partial charge in [-0.1, -0.05) is 45.9 Å². The quantitative estimate of drug-likeness (QED) is 0.829. The number of hydrogen-bond acceptors (Lipinski definition) is 2. The zero-order valence-electron chi connectivity index (χ0n) is 12.4. The second-order valence-corrected chi connectivity index (χ2v) is 7.71. The molecule has 2 rings (SSSR count). The van der Waals surface area contributed by atoms with E-state index >= 15 is 0 Å². The van der Waals surface area contributed by atoms with Crippen molar-refractivity contribution in [3.8, 4) is 0 Å². The molecule has 0 radical (unpaired) electrons. The molecule has 2 fully saturated rings. The number of nitrogens with one attached hydrogen (secondary N) is 1. The fourth-order valence-electron chi connectivity index (χ4n) is 3.14. The minimum absolute atomic E-state index is 0.313. The summed E-state index contributed by atoms with van der Waals surface area (Å²) in [5, 5.41) is 4.90. The van der Waals surface area contributed by atoms with Gasteiger partial charge in [-0.2, -0.15) is 0 Å². The van der Waals surface area contributed by atoms with E-state index in [4.69, 9.17) is 4.99 Å². The Morgan fingerprint density at radius 2 is 2.06 bits per heavy atom. The first-order chi connectivity index (χ1) is 8.49. The van der Waals surface area contributed by atoms with Gasteiger partial charge in [0.25, 0.3) is 0 Å². The van der Waals surface area contributed by atoms with Gasteiger partial charge >= 0.3 is 0 Å². The van der Waals surface area contributed by atoms with E-state index in [9.17, 15) is 0 Å². The molecule has 0 amide bonds. The Balaban J connectivity index is 1.98. The van der Waals surface area contributed by atoms with Crippen molar-refractivity contribution in [2.75, 3.05) is 5.75 Å². The van der Waals surface area contributed by atoms with Gasteiger partial charge in [-0.05, 0) is 37.5 Å². The van der Waals surface area contributed by atoms with Gasteiger partial charge in [0.15, 0.2) is 5.17 Å². The lowest BCUT2D eigenvalue weighted by atomic mass is 9.75. The molecule has 1 saturated heterocycles. The van der Waals surface area contributed by atoms with Crippen LogP contribution < -0.4 is 5.32 Å². The molecule has 0 aromatic rings. The van der Waals surface area contributed by atoms with Crippen LogP contribution >= 0.6 is 11.8 Å². The zero-order valence-corrected chi connectivity index (χ0v) is 13.2. The largest absolute Gasteiger partial charge is 0.359 e. The number of amidine groups is 1. The molecule has 2 nitrogen and oxygen atoms in total. The third-order valence-corrected chi connectivity index (χ3v) is 5.87. The smallest absolute Gasteiger partial charge is 0.157 e. The van der Waals surface area contributed by atoms with Gasteiger partial charge in [-0.3, -0.25) is 4.99 Å². The lowest BCUT2D eigenvalue weighted by Gasteiger charge is -2.33. The summed E-state index contributed by atoms with van der Waals surface area (Å²) in [4.78, 5) is 4.99. The SMILES string of the molecule is CCC1(CC)CSC(=NC2CCCC(C)(C)C2)N1. The molecule has 1 N–H and O–H groups in total. The first-order valence-corrected chi connectivity index (χ1v) is 8.46. The third kappa shape index (κ3) is 3.23. The molecule has 18 heavy (non-hydrogen) atoms. The van der Waals surface area contributed by atoms with Crippen LogP contribution in [0, 0.1) is 5.41 Å². The first kappa shape index (κ1) is 14.2. The second kappa shape index (κ2) is 5.44. The minimum Gasteiger partial charge on any atom is -0.359 e. The molecule has 1 unspecified atom stereocenters. The highest BCUT2D eigenvalue weighted by atomic mass is 32.2. The Morgan fingerprint density at radius 3 is 2.61 bits per heavy atom. The van der Waals surface area contributed by atoms with Crippen LogP contribution in [0.15, 0.2) is 4.99 Å². The number of hydrogen-bond donors (Lipinski definition) is 1. The summed E-state index contributed by atoms with van der Waals surface area (Å²) in [7, 11) is 0. The summed E-state index contributed by atoms with van der Waals surface area (Å²) >= 11 is 1.93. The predicted molar refractivity (Wildman–Crippen MR) is 82.4 cm³/mol. The summed E-state index contributed by atoms with van der Waals surface area (Å²) in [6.45, 7) is 9.33. The van der Waals surface area contributed by atoms with Gasteiger partial charge < -0.3 is 5.32 Å². The maximum absolute atomic E-state index is 4.99. The van der Waals surface area contributed by atoms with Crippen LogP contribution in [0.25, 0.3) is 0 Å². The van der Waals surface area contributed by atoms with Crippen molar-refractivity contribution in [1.29, 1.82) is 0 Å². The third-order valence-electron chi connectivity index (χ3n) is 4.69. The molecule has 0 aromatic heterocycles. The number of aliphatic imine (C=N–C) groups is 1. The van der Waals surface area contributed by atoms with Gasteiger partial charge in [0.2, 0.25) is 0 Å². The van der Waals surface area contributed by atoms with Crippen molar-refractivity contribution in [3.63, 3.8) is 0 Å². The van der Waals surface area contributed by atoms with E-state index in [0.29, 0.717) is 17.0 Å². The van der Waals surface area contributed by atoms with Crippen LogP contribution in [0.3, 0.4) is 0 Å². The van der Waals surface area contributed by atoms with Crippen molar-refractivity contribution in [3.05, 3.63) is 0 Å². The van der Waals surface area contributed by atoms with E-state index < -0.39 is 0 Å². The summed E-state index contributed by atoms with van der Waals surface area (Å²) in [5.41, 5.74) is 0.802. The molecule has 104 valence electrons. The van der Waals surface area contributed by atoms with Crippen LogP contribution in [0.4, 0.5) is 0 Å². The molecule has 1 saturated carbocycles. The van der Waals surface area contributed by atoms with Crippen LogP contribution in [0.2, 0.25) is 0 Å². The van der Waals surface area contributed by atoms with Gasteiger partial charge in [0, 0.05) is 11.3 Å². The van der Waals surface area contributed by atoms with E-state index in [1.165, 1.54) is 49.4 Å². The van der Waals surface area contributed by atoms with Crippen LogP contribution in [-0.2, 0) is 0 Å². The maximum atomic E-state index is 4.99. The number of nitrogens with zero attached hydrogens (tertiary/aromatic N) is 1. The van der Waals surface area contributed by atoms with Crippen LogP contribution in [0.1, 0.15) is 66.2 Å². The first-order valence-electron chi connectivity index (χ1n) is 7.47. The normalized spacial score (nSPS) is 32.4. The van der Waals surface area contributed by atoms with E-state index in [-0.39, 0.29) is 0 Å². The Morgan fingerprint density at radius 1 is 1.33 bits per heavy atom. The van der Waals surface area contributed by atoms with Crippen molar-refractivity contribution < 1.29 is 0 Å². The maximum Gasteiger partial charge on any atom is 0.157 e. The molecular weight excluding hydrogens is 240 g/mol. The minimum atomic E-state index is 0.313. The highest BCUT2D eigenvalue weighted by Gasteiger charge is 2.35. The Hall–Kier alpha value is -0.180. The van der Waals surface area contributed by atoms with Gasteiger partial charge in [-0.25, -0.2) is 0 Å². The molecule has 1 heterocycles. The van der Waals surface area contributed by atoms with Crippen LogP contribution in [-0.4, -0.2) is 22.5 Å². The molecule has 3 heteroatoms. The lowest BCUT2D eigenvalue weighted by molar-refractivity contribution is 0.222. The molecule has 0 aromatic carbocycles. The van der Waals surface area contributed by atoms with E-state index in [1.54, 1.807) is 0 Å². The number of rotatable bonds is 3. The van der Waals surface area contributed by atoms with Crippen molar-refractivity contribution in [2.24, 2.45) is 10.4 Å². The zero-order chi connectivity index (χ0) is 13.2. The summed E-state index contributed by atoms with van der Waals surface area (Å²) in [6.07, 6.45) is 7.64. The second-order valence-electron chi connectivity index (χ2n) is 6.75. The monoisotopic (exact) mass is 268 g/mol. The Labute approximate surface area is 116 Å². The standard InChI is InChI=1S/C15H28N2S/c1-5-15(6-2)11-18-13(17-15)16-12-8-7-9-14(3,4)10-12/h12H,5-11H2,1-4H3,(H,16,17). The molecule has 1 atom stereocenters. The topological polar surface area (TPSA) is 24.4 Å². The highest BCUT2D eigenvalue weighted by molar-refractivity contribution is 8.14. The molecule has 1 aliphatic heterocycles. The van der Waals surface area contributed by atoms with Crippen LogP contribution in [0.5, 0.6) is 0 Å². The van der Waals surface area contributed by atoms with Crippen molar-refractivity contribution >= 4 is 16.9 Å². The fraction of sp³-hybridized carbons (Fsp3) is 0.933.